The van der Waals surface area contributed by atoms with Gasteiger partial charge in [0.15, 0.2) is 0 Å². The third-order valence-corrected chi connectivity index (χ3v) is 1.49. The van der Waals surface area contributed by atoms with Crippen molar-refractivity contribution >= 4 is 5.97 Å². The highest BCUT2D eigenvalue weighted by atomic mass is 19.3. The van der Waals surface area contributed by atoms with Gasteiger partial charge in [-0.3, -0.25) is 0 Å². The maximum absolute atomic E-state index is 12.7. The van der Waals surface area contributed by atoms with E-state index in [2.05, 4.69) is 11.3 Å². The smallest absolute Gasteiger partial charge is 0.395 e. The van der Waals surface area contributed by atoms with Crippen molar-refractivity contribution in [1.82, 2.24) is 0 Å². The number of alkyl halides is 6. The van der Waals surface area contributed by atoms with Crippen molar-refractivity contribution in [2.45, 2.75) is 31.5 Å². The number of aliphatic hydroxyl groups is 1. The molecule has 0 aliphatic carbocycles. The van der Waals surface area contributed by atoms with Gasteiger partial charge in [0.25, 0.3) is 0 Å². The third-order valence-electron chi connectivity index (χ3n) is 1.49. The van der Waals surface area contributed by atoms with Crippen molar-refractivity contribution < 1.29 is 41.0 Å². The number of hydrogen-bond acceptors (Lipinski definition) is 3. The Hall–Kier alpha value is -1.25. The van der Waals surface area contributed by atoms with Crippen LogP contribution in [0, 0.1) is 0 Å². The molecule has 0 aromatic carbocycles. The van der Waals surface area contributed by atoms with Crippen molar-refractivity contribution in [1.29, 1.82) is 0 Å². The summed E-state index contributed by atoms with van der Waals surface area (Å²) in [7, 11) is 0. The van der Waals surface area contributed by atoms with Crippen LogP contribution in [0.15, 0.2) is 12.2 Å². The normalized spacial score (nSPS) is 16.2. The number of hydrogen-bond donors (Lipinski definition) is 1. The SMILES string of the molecule is C=C(C)C(=O)OC(F)(F)C(F)C(F)C(O)(F)F. The Morgan fingerprint density at radius 2 is 1.65 bits per heavy atom. The van der Waals surface area contributed by atoms with E-state index < -0.39 is 36.1 Å². The molecular formula is C8H8F6O3. The number of carbonyl (C=O) groups is 1. The van der Waals surface area contributed by atoms with E-state index >= 15 is 0 Å². The zero-order valence-electron chi connectivity index (χ0n) is 8.39. The quantitative estimate of drug-likeness (QED) is 0.470. The van der Waals surface area contributed by atoms with Crippen LogP contribution in [0.3, 0.4) is 0 Å². The van der Waals surface area contributed by atoms with Gasteiger partial charge in [0, 0.05) is 5.57 Å². The predicted octanol–water partition coefficient (Wildman–Crippen LogP) is 1.96. The van der Waals surface area contributed by atoms with E-state index in [-0.39, 0.29) is 0 Å². The third kappa shape index (κ3) is 4.25. The molecule has 9 heteroatoms. The second-order valence-electron chi connectivity index (χ2n) is 3.12. The maximum Gasteiger partial charge on any atom is 0.435 e. The summed E-state index contributed by atoms with van der Waals surface area (Å²) in [4.78, 5) is 10.6. The summed E-state index contributed by atoms with van der Waals surface area (Å²) in [6, 6.07) is 0. The summed E-state index contributed by atoms with van der Waals surface area (Å²) in [6.45, 7) is 3.80. The monoisotopic (exact) mass is 266 g/mol. The fourth-order valence-corrected chi connectivity index (χ4v) is 0.613. The minimum absolute atomic E-state index is 0.567. The zero-order chi connectivity index (χ0) is 14.0. The molecule has 0 heterocycles. The number of esters is 1. The Morgan fingerprint density at radius 3 is 1.94 bits per heavy atom. The molecule has 0 saturated heterocycles. The molecule has 0 fully saturated rings. The van der Waals surface area contributed by atoms with Gasteiger partial charge in [-0.2, -0.15) is 17.6 Å². The second kappa shape index (κ2) is 4.94. The summed E-state index contributed by atoms with van der Waals surface area (Å²) in [6.07, 6.45) is -18.9. The molecule has 0 aliphatic rings. The van der Waals surface area contributed by atoms with Gasteiger partial charge in [-0.15, -0.1) is 0 Å². The van der Waals surface area contributed by atoms with E-state index in [0.29, 0.717) is 0 Å². The molecule has 1 N–H and O–H groups in total. The first kappa shape index (κ1) is 15.8. The molecule has 0 spiro atoms. The van der Waals surface area contributed by atoms with Gasteiger partial charge in [-0.05, 0) is 6.92 Å². The predicted molar refractivity (Wildman–Crippen MR) is 42.8 cm³/mol. The molecule has 100 valence electrons. The van der Waals surface area contributed by atoms with E-state index in [1.165, 1.54) is 0 Å². The van der Waals surface area contributed by atoms with Crippen LogP contribution < -0.4 is 0 Å². The first-order valence-corrected chi connectivity index (χ1v) is 4.04. The number of rotatable bonds is 5. The maximum atomic E-state index is 12.7. The first-order valence-electron chi connectivity index (χ1n) is 4.04. The summed E-state index contributed by atoms with van der Waals surface area (Å²) in [5, 5.41) is 7.72. The lowest BCUT2D eigenvalue weighted by molar-refractivity contribution is -0.312. The van der Waals surface area contributed by atoms with Gasteiger partial charge in [0.1, 0.15) is 0 Å². The van der Waals surface area contributed by atoms with Crippen LogP contribution in [0.2, 0.25) is 0 Å². The molecule has 0 aromatic rings. The molecule has 0 aromatic heterocycles. The van der Waals surface area contributed by atoms with Gasteiger partial charge in [-0.1, -0.05) is 6.58 Å². The summed E-state index contributed by atoms with van der Waals surface area (Å²) in [5.74, 6) is -1.79. The van der Waals surface area contributed by atoms with Gasteiger partial charge in [-0.25, -0.2) is 13.6 Å². The van der Waals surface area contributed by atoms with Gasteiger partial charge in [0.2, 0.25) is 12.3 Å². The van der Waals surface area contributed by atoms with Crippen LogP contribution in [0.5, 0.6) is 0 Å². The fourth-order valence-electron chi connectivity index (χ4n) is 0.613. The molecular weight excluding hydrogens is 258 g/mol. The number of halogens is 6. The fraction of sp³-hybridized carbons (Fsp3) is 0.625. The van der Waals surface area contributed by atoms with E-state index in [9.17, 15) is 31.1 Å². The summed E-state index contributed by atoms with van der Waals surface area (Å²) >= 11 is 0. The molecule has 3 nitrogen and oxygen atoms in total. The van der Waals surface area contributed by atoms with Crippen molar-refractivity contribution in [3.8, 4) is 0 Å². The van der Waals surface area contributed by atoms with E-state index in [4.69, 9.17) is 5.11 Å². The van der Waals surface area contributed by atoms with Gasteiger partial charge in [0.05, 0.1) is 0 Å². The average Bonchev–Trinajstić information content (AvgIpc) is 2.13. The Morgan fingerprint density at radius 1 is 1.24 bits per heavy atom. The van der Waals surface area contributed by atoms with Crippen LogP contribution >= 0.6 is 0 Å². The average molecular weight is 266 g/mol. The van der Waals surface area contributed by atoms with Crippen LogP contribution in [0.1, 0.15) is 6.92 Å². The van der Waals surface area contributed by atoms with Crippen LogP contribution in [-0.2, 0) is 9.53 Å². The first-order chi connectivity index (χ1) is 7.39. The van der Waals surface area contributed by atoms with Crippen LogP contribution in [0.25, 0.3) is 0 Å². The molecule has 0 radical (unpaired) electrons. The van der Waals surface area contributed by atoms with Crippen molar-refractivity contribution in [2.75, 3.05) is 0 Å². The Bertz CT molecular complexity index is 311. The minimum Gasteiger partial charge on any atom is -0.395 e. The van der Waals surface area contributed by atoms with Crippen molar-refractivity contribution in [3.63, 3.8) is 0 Å². The Kier molecular flexibility index (Phi) is 4.58. The van der Waals surface area contributed by atoms with Gasteiger partial charge < -0.3 is 9.84 Å². The van der Waals surface area contributed by atoms with Crippen LogP contribution in [-0.4, -0.2) is 35.6 Å². The van der Waals surface area contributed by atoms with E-state index in [1.54, 1.807) is 0 Å². The topological polar surface area (TPSA) is 46.5 Å². The molecule has 0 aliphatic heterocycles. The molecule has 0 bridgehead atoms. The second-order valence-corrected chi connectivity index (χ2v) is 3.12. The van der Waals surface area contributed by atoms with Crippen molar-refractivity contribution in [2.24, 2.45) is 0 Å². The summed E-state index contributed by atoms with van der Waals surface area (Å²) < 4.78 is 77.2. The molecule has 2 unspecified atom stereocenters. The van der Waals surface area contributed by atoms with Gasteiger partial charge >= 0.3 is 18.2 Å². The lowest BCUT2D eigenvalue weighted by Gasteiger charge is -2.24. The minimum atomic E-state index is -5.32. The Balaban J connectivity index is 4.82. The van der Waals surface area contributed by atoms with E-state index in [1.807, 2.05) is 0 Å². The standard InChI is InChI=1S/C8H8F6O3/c1-3(2)6(15)17-8(13,14)5(10)4(9)7(11,12)16/h4-5,16H,1H2,2H3. The molecule has 0 rings (SSSR count). The zero-order valence-corrected chi connectivity index (χ0v) is 8.39. The summed E-state index contributed by atoms with van der Waals surface area (Å²) in [5.41, 5.74) is -0.567. The highest BCUT2D eigenvalue weighted by Crippen LogP contribution is 2.33. The highest BCUT2D eigenvalue weighted by Gasteiger charge is 2.57. The lowest BCUT2D eigenvalue weighted by Crippen LogP contribution is -2.48. The molecule has 17 heavy (non-hydrogen) atoms. The largest absolute Gasteiger partial charge is 0.435 e. The number of ether oxygens (including phenoxy) is 1. The van der Waals surface area contributed by atoms with E-state index in [0.717, 1.165) is 6.92 Å². The molecule has 0 amide bonds. The molecule has 2 atom stereocenters. The van der Waals surface area contributed by atoms with Crippen LogP contribution in [0.4, 0.5) is 26.3 Å². The van der Waals surface area contributed by atoms with Crippen molar-refractivity contribution in [3.05, 3.63) is 12.2 Å². The number of carbonyl (C=O) groups excluding carboxylic acids is 1. The Labute approximate surface area is 91.7 Å². The lowest BCUT2D eigenvalue weighted by atomic mass is 10.2. The highest BCUT2D eigenvalue weighted by molar-refractivity contribution is 5.87. The molecule has 0 saturated carbocycles.